The van der Waals surface area contributed by atoms with Gasteiger partial charge in [0.05, 0.1) is 11.3 Å². The van der Waals surface area contributed by atoms with Crippen LogP contribution in [0.25, 0.3) is 33.0 Å². The Morgan fingerprint density at radius 1 is 0.606 bits per heavy atom. The topological polar surface area (TPSA) is 20.3 Å². The second-order valence-electron chi connectivity index (χ2n) is 8.04. The van der Waals surface area contributed by atoms with E-state index in [1.807, 2.05) is 59.5 Å². The number of carbonyl (C=O) groups excluding carboxylic acids is 1. The Balaban J connectivity index is 1.70. The van der Waals surface area contributed by atoms with Crippen molar-refractivity contribution >= 4 is 59.9 Å². The van der Waals surface area contributed by atoms with Crippen molar-refractivity contribution in [1.29, 1.82) is 0 Å². The zero-order valence-corrected chi connectivity index (χ0v) is 20.6. The van der Waals surface area contributed by atoms with Crippen molar-refractivity contribution in [3.8, 4) is 22.3 Å². The molecule has 2 nitrogen and oxygen atoms in total. The molecule has 0 spiro atoms. The second kappa shape index (κ2) is 7.98. The number of hydrogen-bond acceptors (Lipinski definition) is 1. The van der Waals surface area contributed by atoms with Crippen molar-refractivity contribution < 1.29 is 4.79 Å². The van der Waals surface area contributed by atoms with Crippen LogP contribution in [0.4, 0.5) is 11.4 Å². The van der Waals surface area contributed by atoms with E-state index in [1.54, 1.807) is 0 Å². The normalized spacial score (nSPS) is 12.5. The standard InChI is InChI=1S/C29H17Br2NO/c30-20-13-9-18(10-14-20)24-17-25-28-23(27(24)19-11-15-21(31)16-12-19)7-4-8-26(28)32(29(25)33)22-5-2-1-3-6-22/h1-17H. The minimum absolute atomic E-state index is 0.00752. The molecule has 5 aromatic carbocycles. The quantitative estimate of drug-likeness (QED) is 0.218. The molecule has 0 saturated heterocycles. The van der Waals surface area contributed by atoms with E-state index in [2.05, 4.69) is 80.4 Å². The Bertz CT molecular complexity index is 1530. The average Bonchev–Trinajstić information content (AvgIpc) is 3.13. The molecule has 1 aliphatic rings. The first kappa shape index (κ1) is 20.4. The van der Waals surface area contributed by atoms with E-state index < -0.39 is 0 Å². The molecule has 0 bridgehead atoms. The predicted octanol–water partition coefficient (Wildman–Crippen LogP) is 8.99. The van der Waals surface area contributed by atoms with Gasteiger partial charge in [0.2, 0.25) is 0 Å². The molecule has 158 valence electrons. The molecule has 0 aliphatic carbocycles. The lowest BCUT2D eigenvalue weighted by Crippen LogP contribution is -2.20. The summed E-state index contributed by atoms with van der Waals surface area (Å²) in [4.78, 5) is 15.5. The lowest BCUT2D eigenvalue weighted by atomic mass is 9.87. The molecule has 1 amide bonds. The highest BCUT2D eigenvalue weighted by Crippen LogP contribution is 2.48. The van der Waals surface area contributed by atoms with Crippen LogP contribution < -0.4 is 4.90 Å². The summed E-state index contributed by atoms with van der Waals surface area (Å²) >= 11 is 7.10. The number of nitrogens with zero attached hydrogens (tertiary/aromatic N) is 1. The molecule has 0 unspecified atom stereocenters. The molecule has 0 saturated carbocycles. The van der Waals surface area contributed by atoms with Crippen molar-refractivity contribution in [1.82, 2.24) is 0 Å². The van der Waals surface area contributed by atoms with Gasteiger partial charge in [0.1, 0.15) is 0 Å². The first-order valence-electron chi connectivity index (χ1n) is 10.6. The van der Waals surface area contributed by atoms with Gasteiger partial charge in [-0.1, -0.05) is 86.5 Å². The number of benzene rings is 5. The third-order valence-corrected chi connectivity index (χ3v) is 7.17. The Kier molecular flexibility index (Phi) is 4.93. The van der Waals surface area contributed by atoms with Crippen LogP contribution >= 0.6 is 31.9 Å². The van der Waals surface area contributed by atoms with Crippen LogP contribution in [-0.2, 0) is 0 Å². The summed E-state index contributed by atoms with van der Waals surface area (Å²) in [5.74, 6) is 0.00752. The first-order valence-corrected chi connectivity index (χ1v) is 12.2. The number of amides is 1. The highest BCUT2D eigenvalue weighted by molar-refractivity contribution is 9.10. The third-order valence-electron chi connectivity index (χ3n) is 6.12. The molecule has 33 heavy (non-hydrogen) atoms. The van der Waals surface area contributed by atoms with Crippen LogP contribution in [0.2, 0.25) is 0 Å². The van der Waals surface area contributed by atoms with Crippen LogP contribution in [-0.4, -0.2) is 5.91 Å². The van der Waals surface area contributed by atoms with E-state index in [1.165, 1.54) is 0 Å². The zero-order chi connectivity index (χ0) is 22.5. The molecule has 0 atom stereocenters. The van der Waals surface area contributed by atoms with E-state index in [4.69, 9.17) is 0 Å². The van der Waals surface area contributed by atoms with Crippen molar-refractivity contribution in [2.45, 2.75) is 0 Å². The smallest absolute Gasteiger partial charge is 0.263 e. The molecular weight excluding hydrogens is 538 g/mol. The van der Waals surface area contributed by atoms with Crippen LogP contribution in [0.5, 0.6) is 0 Å². The van der Waals surface area contributed by atoms with Crippen molar-refractivity contribution in [3.05, 3.63) is 118 Å². The third kappa shape index (κ3) is 3.33. The van der Waals surface area contributed by atoms with Crippen LogP contribution in [0.3, 0.4) is 0 Å². The maximum atomic E-state index is 13.7. The number of hydrogen-bond donors (Lipinski definition) is 0. The van der Waals surface area contributed by atoms with Gasteiger partial charge in [0.15, 0.2) is 0 Å². The number of rotatable bonds is 3. The lowest BCUT2D eigenvalue weighted by molar-refractivity contribution is 0.100. The van der Waals surface area contributed by atoms with Crippen LogP contribution in [0.1, 0.15) is 10.4 Å². The summed E-state index contributed by atoms with van der Waals surface area (Å²) in [6.45, 7) is 0. The first-order chi connectivity index (χ1) is 16.1. The molecule has 1 aliphatic heterocycles. The molecule has 6 rings (SSSR count). The summed E-state index contributed by atoms with van der Waals surface area (Å²) in [5.41, 5.74) is 6.92. The molecule has 0 aromatic heterocycles. The highest BCUT2D eigenvalue weighted by atomic mass is 79.9. The minimum Gasteiger partial charge on any atom is -0.276 e. The molecule has 5 aromatic rings. The van der Waals surface area contributed by atoms with Gasteiger partial charge in [-0.3, -0.25) is 9.69 Å². The van der Waals surface area contributed by atoms with Gasteiger partial charge in [0, 0.05) is 20.0 Å². The maximum Gasteiger partial charge on any atom is 0.263 e. The number of halogens is 2. The average molecular weight is 555 g/mol. The number of carbonyl (C=O) groups is 1. The van der Waals surface area contributed by atoms with E-state index in [0.29, 0.717) is 0 Å². The van der Waals surface area contributed by atoms with Crippen molar-refractivity contribution in [2.24, 2.45) is 0 Å². The van der Waals surface area contributed by atoms with Gasteiger partial charge in [-0.05, 0) is 76.2 Å². The van der Waals surface area contributed by atoms with Gasteiger partial charge in [0.25, 0.3) is 5.91 Å². The maximum absolute atomic E-state index is 13.7. The van der Waals surface area contributed by atoms with Gasteiger partial charge >= 0.3 is 0 Å². The van der Waals surface area contributed by atoms with Crippen molar-refractivity contribution in [3.63, 3.8) is 0 Å². The van der Waals surface area contributed by atoms with Gasteiger partial charge in [-0.25, -0.2) is 0 Å². The van der Waals surface area contributed by atoms with Crippen LogP contribution in [0.15, 0.2) is 112 Å². The van der Waals surface area contributed by atoms with Crippen LogP contribution in [0, 0.1) is 0 Å². The Hall–Kier alpha value is -3.21. The summed E-state index contributed by atoms with van der Waals surface area (Å²) in [6.07, 6.45) is 0. The van der Waals surface area contributed by atoms with Crippen molar-refractivity contribution in [2.75, 3.05) is 4.90 Å². The fourth-order valence-corrected chi connectivity index (χ4v) is 5.20. The van der Waals surface area contributed by atoms with E-state index in [0.717, 1.165) is 58.9 Å². The molecule has 4 heteroatoms. The second-order valence-corrected chi connectivity index (χ2v) is 9.87. The largest absolute Gasteiger partial charge is 0.276 e. The summed E-state index contributed by atoms with van der Waals surface area (Å²) in [6, 6.07) is 34.8. The van der Waals surface area contributed by atoms with E-state index in [-0.39, 0.29) is 5.91 Å². The zero-order valence-electron chi connectivity index (χ0n) is 17.4. The predicted molar refractivity (Wildman–Crippen MR) is 143 cm³/mol. The summed E-state index contributed by atoms with van der Waals surface area (Å²) < 4.78 is 2.06. The van der Waals surface area contributed by atoms with E-state index in [9.17, 15) is 4.79 Å². The molecule has 0 N–H and O–H groups in total. The molecular formula is C29H17Br2NO. The Morgan fingerprint density at radius 3 is 1.91 bits per heavy atom. The van der Waals surface area contributed by atoms with Gasteiger partial charge in [-0.2, -0.15) is 0 Å². The SMILES string of the molecule is O=C1c2cc(-c3ccc(Br)cc3)c(-c3ccc(Br)cc3)c3cccc(c23)N1c1ccccc1. The monoisotopic (exact) mass is 553 g/mol. The molecule has 0 fully saturated rings. The molecule has 1 heterocycles. The summed E-state index contributed by atoms with van der Waals surface area (Å²) in [7, 11) is 0. The van der Waals surface area contributed by atoms with Gasteiger partial charge in [-0.15, -0.1) is 0 Å². The minimum atomic E-state index is 0.00752. The summed E-state index contributed by atoms with van der Waals surface area (Å²) in [5, 5.41) is 2.09. The number of anilines is 2. The molecule has 0 radical (unpaired) electrons. The fourth-order valence-electron chi connectivity index (χ4n) is 4.67. The van der Waals surface area contributed by atoms with E-state index >= 15 is 0 Å². The number of para-hydroxylation sites is 1. The fraction of sp³-hybridized carbons (Fsp3) is 0. The Morgan fingerprint density at radius 2 is 1.24 bits per heavy atom. The van der Waals surface area contributed by atoms with Gasteiger partial charge < -0.3 is 0 Å². The Labute approximate surface area is 208 Å². The highest BCUT2D eigenvalue weighted by Gasteiger charge is 2.33. The lowest BCUT2D eigenvalue weighted by Gasteiger charge is -2.17.